The van der Waals surface area contributed by atoms with Crippen molar-refractivity contribution in [2.45, 2.75) is 0 Å². The van der Waals surface area contributed by atoms with Crippen LogP contribution in [0.3, 0.4) is 0 Å². The normalized spacial score (nSPS) is 10.4. The van der Waals surface area contributed by atoms with Gasteiger partial charge in [0.1, 0.15) is 5.69 Å². The number of aromatic carboxylic acids is 1. The Bertz CT molecular complexity index is 1430. The predicted molar refractivity (Wildman–Crippen MR) is 116 cm³/mol. The van der Waals surface area contributed by atoms with Gasteiger partial charge in [-0.15, -0.1) is 0 Å². The fraction of sp³-hybridized carbons (Fsp3) is 0. The molecule has 3 heterocycles. The summed E-state index contributed by atoms with van der Waals surface area (Å²) >= 11 is 0. The van der Waals surface area contributed by atoms with Crippen LogP contribution in [0.25, 0.3) is 22.2 Å². The van der Waals surface area contributed by atoms with Crippen molar-refractivity contribution in [2.24, 2.45) is 0 Å². The van der Waals surface area contributed by atoms with E-state index in [1.807, 2.05) is 30.3 Å². The van der Waals surface area contributed by atoms with Gasteiger partial charge in [-0.2, -0.15) is 5.10 Å². The molecule has 32 heavy (non-hydrogen) atoms. The lowest BCUT2D eigenvalue weighted by Crippen LogP contribution is -2.07. The number of hydrogen-bond donors (Lipinski definition) is 2. The topological polar surface area (TPSA) is 126 Å². The van der Waals surface area contributed by atoms with Gasteiger partial charge in [0.2, 0.25) is 11.3 Å². The fourth-order valence-electron chi connectivity index (χ4n) is 3.10. The van der Waals surface area contributed by atoms with Gasteiger partial charge < -0.3 is 13.9 Å². The van der Waals surface area contributed by atoms with Crippen molar-refractivity contribution in [1.82, 2.24) is 10.2 Å². The summed E-state index contributed by atoms with van der Waals surface area (Å²) in [6.07, 6.45) is 2.69. The first-order chi connectivity index (χ1) is 15.6. The molecule has 0 saturated carbocycles. The van der Waals surface area contributed by atoms with E-state index in [1.165, 1.54) is 18.6 Å². The van der Waals surface area contributed by atoms with Gasteiger partial charge in [-0.3, -0.25) is 9.59 Å². The molecule has 0 spiro atoms. The molecule has 0 radical (unpaired) electrons. The SMILES string of the molecule is O=C(c1ccccc1)c1ccoc1C(=O)O.O=c1[nH]nc(-c2ccccc2)c2ccoc12. The van der Waals surface area contributed by atoms with Gasteiger partial charge in [0.05, 0.1) is 23.5 Å². The summed E-state index contributed by atoms with van der Waals surface area (Å²) in [5.74, 6) is -1.93. The summed E-state index contributed by atoms with van der Waals surface area (Å²) in [6.45, 7) is 0. The van der Waals surface area contributed by atoms with E-state index < -0.39 is 5.97 Å². The average molecular weight is 428 g/mol. The van der Waals surface area contributed by atoms with Gasteiger partial charge in [-0.1, -0.05) is 60.7 Å². The molecule has 0 unspecified atom stereocenters. The maximum atomic E-state index is 11.9. The Kier molecular flexibility index (Phi) is 5.76. The molecule has 0 aliphatic heterocycles. The minimum absolute atomic E-state index is 0.0682. The Labute approximate surface area is 180 Å². The van der Waals surface area contributed by atoms with Crippen molar-refractivity contribution in [2.75, 3.05) is 0 Å². The molecular formula is C24H16N2O6. The number of carbonyl (C=O) groups excluding carboxylic acids is 1. The van der Waals surface area contributed by atoms with Crippen LogP contribution in [-0.2, 0) is 0 Å². The van der Waals surface area contributed by atoms with Crippen LogP contribution in [0.2, 0.25) is 0 Å². The van der Waals surface area contributed by atoms with E-state index in [2.05, 4.69) is 10.2 Å². The van der Waals surface area contributed by atoms with Crippen LogP contribution in [0.15, 0.2) is 99.0 Å². The Morgan fingerprint density at radius 3 is 2.19 bits per heavy atom. The molecule has 5 rings (SSSR count). The first kappa shape index (κ1) is 20.5. The molecule has 0 aliphatic rings. The molecule has 8 heteroatoms. The van der Waals surface area contributed by atoms with Crippen LogP contribution >= 0.6 is 0 Å². The molecule has 0 bridgehead atoms. The maximum absolute atomic E-state index is 11.9. The van der Waals surface area contributed by atoms with Gasteiger partial charge in [0, 0.05) is 11.1 Å². The monoisotopic (exact) mass is 428 g/mol. The van der Waals surface area contributed by atoms with Gasteiger partial charge in [-0.25, -0.2) is 9.89 Å². The summed E-state index contributed by atoms with van der Waals surface area (Å²) < 4.78 is 9.88. The zero-order chi connectivity index (χ0) is 22.5. The van der Waals surface area contributed by atoms with Gasteiger partial charge in [0.15, 0.2) is 5.78 Å². The van der Waals surface area contributed by atoms with Crippen LogP contribution < -0.4 is 5.56 Å². The van der Waals surface area contributed by atoms with Gasteiger partial charge in [-0.05, 0) is 12.1 Å². The summed E-state index contributed by atoms with van der Waals surface area (Å²) in [5, 5.41) is 16.0. The third-order valence-corrected chi connectivity index (χ3v) is 4.58. The van der Waals surface area contributed by atoms with Crippen molar-refractivity contribution in [1.29, 1.82) is 0 Å². The molecule has 0 saturated heterocycles. The zero-order valence-corrected chi connectivity index (χ0v) is 16.5. The first-order valence-electron chi connectivity index (χ1n) is 9.48. The van der Waals surface area contributed by atoms with Gasteiger partial charge >= 0.3 is 11.5 Å². The Balaban J connectivity index is 0.000000153. The molecule has 2 N–H and O–H groups in total. The molecular weight excluding hydrogens is 412 g/mol. The van der Waals surface area contributed by atoms with E-state index in [0.717, 1.165) is 16.6 Å². The average Bonchev–Trinajstić information content (AvgIpc) is 3.51. The van der Waals surface area contributed by atoms with Crippen LogP contribution in [0.4, 0.5) is 0 Å². The van der Waals surface area contributed by atoms with Crippen LogP contribution in [0, 0.1) is 0 Å². The number of furan rings is 2. The van der Waals surface area contributed by atoms with E-state index in [0.29, 0.717) is 11.1 Å². The van der Waals surface area contributed by atoms with Crippen molar-refractivity contribution >= 4 is 22.7 Å². The molecule has 5 aromatic rings. The number of nitrogens with zero attached hydrogens (tertiary/aromatic N) is 1. The zero-order valence-electron chi connectivity index (χ0n) is 16.5. The number of H-pyrrole nitrogens is 1. The number of carboxylic acid groups (broad SMARTS) is 1. The third-order valence-electron chi connectivity index (χ3n) is 4.58. The molecule has 0 atom stereocenters. The minimum Gasteiger partial charge on any atom is -0.475 e. The van der Waals surface area contributed by atoms with Gasteiger partial charge in [0.25, 0.3) is 0 Å². The van der Waals surface area contributed by atoms with E-state index >= 15 is 0 Å². The second kappa shape index (κ2) is 8.97. The number of carboxylic acids is 1. The minimum atomic E-state index is -1.25. The van der Waals surface area contributed by atoms with Crippen molar-refractivity contribution in [3.63, 3.8) is 0 Å². The Morgan fingerprint density at radius 2 is 1.50 bits per heavy atom. The Morgan fingerprint density at radius 1 is 0.844 bits per heavy atom. The lowest BCUT2D eigenvalue weighted by molar-refractivity contribution is 0.0657. The molecule has 3 aromatic heterocycles. The number of benzene rings is 2. The fourth-order valence-corrected chi connectivity index (χ4v) is 3.10. The van der Waals surface area contributed by atoms with E-state index in [-0.39, 0.29) is 22.7 Å². The highest BCUT2D eigenvalue weighted by molar-refractivity contribution is 6.13. The van der Waals surface area contributed by atoms with Crippen LogP contribution in [0.5, 0.6) is 0 Å². The second-order valence-corrected chi connectivity index (χ2v) is 6.59. The van der Waals surface area contributed by atoms with Crippen molar-refractivity contribution in [3.8, 4) is 11.3 Å². The highest BCUT2D eigenvalue weighted by Gasteiger charge is 2.20. The summed E-state index contributed by atoms with van der Waals surface area (Å²) in [7, 11) is 0. The number of carbonyl (C=O) groups is 2. The highest BCUT2D eigenvalue weighted by Crippen LogP contribution is 2.24. The lowest BCUT2D eigenvalue weighted by atomic mass is 10.0. The molecule has 8 nitrogen and oxygen atoms in total. The highest BCUT2D eigenvalue weighted by atomic mass is 16.4. The molecule has 0 amide bonds. The van der Waals surface area contributed by atoms with E-state index in [9.17, 15) is 14.4 Å². The Hall–Kier alpha value is -4.72. The number of hydrogen-bond acceptors (Lipinski definition) is 6. The maximum Gasteiger partial charge on any atom is 0.372 e. The largest absolute Gasteiger partial charge is 0.475 e. The van der Waals surface area contributed by atoms with E-state index in [4.69, 9.17) is 13.9 Å². The van der Waals surface area contributed by atoms with Crippen LogP contribution in [-0.4, -0.2) is 27.1 Å². The van der Waals surface area contributed by atoms with E-state index in [1.54, 1.807) is 36.4 Å². The lowest BCUT2D eigenvalue weighted by Gasteiger charge is -2.00. The smallest absolute Gasteiger partial charge is 0.372 e. The van der Waals surface area contributed by atoms with Crippen LogP contribution in [0.1, 0.15) is 26.5 Å². The third kappa shape index (κ3) is 4.10. The number of aromatic amines is 1. The first-order valence-corrected chi connectivity index (χ1v) is 9.48. The summed E-state index contributed by atoms with van der Waals surface area (Å²) in [6, 6.07) is 21.2. The predicted octanol–water partition coefficient (Wildman–Crippen LogP) is 4.39. The number of rotatable bonds is 4. The summed E-state index contributed by atoms with van der Waals surface area (Å²) in [4.78, 5) is 34.1. The molecule has 2 aromatic carbocycles. The second-order valence-electron chi connectivity index (χ2n) is 6.59. The molecule has 0 aliphatic carbocycles. The standard InChI is InChI=1S/C12H8N2O2.C12H8O4/c15-12-11-9(6-7-16-11)10(13-14-12)8-4-2-1-3-5-8;13-10(8-4-2-1-3-5-8)9-6-7-16-11(9)12(14)15/h2*1-7H,(H,14,15). The quantitative estimate of drug-likeness (QED) is 0.406. The number of aromatic nitrogens is 2. The number of fused-ring (bicyclic) bond motifs is 1. The molecule has 158 valence electrons. The van der Waals surface area contributed by atoms with Crippen molar-refractivity contribution < 1.29 is 23.5 Å². The molecule has 0 fully saturated rings. The number of nitrogens with one attached hydrogen (secondary N) is 1. The summed E-state index contributed by atoms with van der Waals surface area (Å²) in [5.41, 5.74) is 2.19. The number of ketones is 1. The van der Waals surface area contributed by atoms with Crippen molar-refractivity contribution in [3.05, 3.63) is 113 Å².